The number of hydrogen-bond acceptors (Lipinski definition) is 6. The largest absolute Gasteiger partial charge is 0.507 e. The van der Waals surface area contributed by atoms with E-state index in [1.54, 1.807) is 31.4 Å². The molecule has 10 heteroatoms. The average molecular weight is 532 g/mol. The molecule has 0 saturated carbocycles. The molecule has 38 heavy (non-hydrogen) atoms. The predicted octanol–water partition coefficient (Wildman–Crippen LogP) is 5.40. The summed E-state index contributed by atoms with van der Waals surface area (Å²) in [7, 11) is 1.58. The van der Waals surface area contributed by atoms with E-state index in [2.05, 4.69) is 4.98 Å². The Morgan fingerprint density at radius 1 is 1.13 bits per heavy atom. The number of carbonyl (C=O) groups is 2. The third kappa shape index (κ3) is 4.37. The van der Waals surface area contributed by atoms with E-state index in [1.807, 2.05) is 24.4 Å². The van der Waals surface area contributed by atoms with Gasteiger partial charge in [0, 0.05) is 46.4 Å². The molecule has 4 aromatic rings. The van der Waals surface area contributed by atoms with E-state index in [-0.39, 0.29) is 23.4 Å². The van der Waals surface area contributed by atoms with Crippen LogP contribution in [0.1, 0.15) is 22.7 Å². The first-order chi connectivity index (χ1) is 18.3. The van der Waals surface area contributed by atoms with Crippen molar-refractivity contribution in [2.24, 2.45) is 0 Å². The number of nitrogens with zero attached hydrogens (tertiary/aromatic N) is 2. The van der Waals surface area contributed by atoms with Crippen LogP contribution in [-0.4, -0.2) is 45.3 Å². The van der Waals surface area contributed by atoms with Gasteiger partial charge in [-0.05, 0) is 41.8 Å². The Kier molecular flexibility index (Phi) is 6.61. The molecular formula is C28H22ClN3O6. The van der Waals surface area contributed by atoms with Crippen LogP contribution in [0.5, 0.6) is 5.75 Å². The molecule has 1 aliphatic heterocycles. The fourth-order valence-electron chi connectivity index (χ4n) is 4.79. The molecule has 2 heterocycles. The van der Waals surface area contributed by atoms with E-state index in [0.717, 1.165) is 22.5 Å². The third-order valence-electron chi connectivity index (χ3n) is 6.67. The maximum Gasteiger partial charge on any atom is 0.295 e. The maximum atomic E-state index is 13.3. The summed E-state index contributed by atoms with van der Waals surface area (Å²) >= 11 is 6.50. The number of halogens is 1. The molecule has 1 atom stereocenters. The van der Waals surface area contributed by atoms with Gasteiger partial charge < -0.3 is 19.7 Å². The lowest BCUT2D eigenvalue weighted by atomic mass is 9.95. The lowest BCUT2D eigenvalue weighted by Crippen LogP contribution is -2.31. The standard InChI is InChI=1S/C28H22ClN3O6/c1-38-19-9-10-23-21(14-19)17(15-30-23)11-12-31-25(20-7-2-3-8-22(20)29)24(27(34)28(31)35)26(33)16-5-4-6-18(13-16)32(36)37/h2-10,13-15,25,30,33H,11-12H2,1H3/t25-/m0/s1. The molecule has 1 saturated heterocycles. The van der Waals surface area contributed by atoms with Crippen LogP contribution in [0.3, 0.4) is 0 Å². The number of ketones is 1. The number of nitro benzene ring substituents is 1. The van der Waals surface area contributed by atoms with Crippen LogP contribution in [0.25, 0.3) is 16.7 Å². The highest BCUT2D eigenvalue weighted by molar-refractivity contribution is 6.47. The summed E-state index contributed by atoms with van der Waals surface area (Å²) in [6, 6.07) is 16.7. The van der Waals surface area contributed by atoms with E-state index in [4.69, 9.17) is 16.3 Å². The van der Waals surface area contributed by atoms with Gasteiger partial charge in [-0.2, -0.15) is 0 Å². The SMILES string of the molecule is COc1ccc2[nH]cc(CCN3C(=O)C(=O)C(=C(O)c4cccc([N+](=O)[O-])c4)[C@@H]3c3ccccc3Cl)c2c1. The van der Waals surface area contributed by atoms with Gasteiger partial charge in [-0.25, -0.2) is 0 Å². The Morgan fingerprint density at radius 2 is 1.92 bits per heavy atom. The summed E-state index contributed by atoms with van der Waals surface area (Å²) in [5, 5.41) is 23.7. The first-order valence-electron chi connectivity index (χ1n) is 11.7. The number of methoxy groups -OCH3 is 1. The molecule has 1 fully saturated rings. The van der Waals surface area contributed by atoms with Crippen molar-refractivity contribution in [3.05, 3.63) is 110 Å². The van der Waals surface area contributed by atoms with Crippen molar-refractivity contribution in [1.29, 1.82) is 0 Å². The van der Waals surface area contributed by atoms with Crippen molar-refractivity contribution < 1.29 is 24.4 Å². The molecule has 2 N–H and O–H groups in total. The molecule has 9 nitrogen and oxygen atoms in total. The van der Waals surface area contributed by atoms with E-state index in [0.29, 0.717) is 22.8 Å². The number of aliphatic hydroxyl groups excluding tert-OH is 1. The minimum absolute atomic E-state index is 0.0537. The number of fused-ring (bicyclic) bond motifs is 1. The second kappa shape index (κ2) is 10.0. The summed E-state index contributed by atoms with van der Waals surface area (Å²) < 4.78 is 5.34. The van der Waals surface area contributed by atoms with Gasteiger partial charge in [0.25, 0.3) is 17.4 Å². The molecule has 1 aliphatic rings. The quantitative estimate of drug-likeness (QED) is 0.108. The number of aromatic nitrogens is 1. The number of non-ortho nitro benzene ring substituents is 1. The highest BCUT2D eigenvalue weighted by Crippen LogP contribution is 2.42. The Labute approximate surface area is 222 Å². The van der Waals surface area contributed by atoms with Crippen LogP contribution in [0.15, 0.2) is 78.5 Å². The number of nitro groups is 1. The molecule has 1 amide bonds. The van der Waals surface area contributed by atoms with Crippen molar-refractivity contribution in [1.82, 2.24) is 9.88 Å². The van der Waals surface area contributed by atoms with Crippen LogP contribution >= 0.6 is 11.6 Å². The number of rotatable bonds is 7. The lowest BCUT2D eigenvalue weighted by molar-refractivity contribution is -0.384. The van der Waals surface area contributed by atoms with Gasteiger partial charge in [-0.1, -0.05) is 41.9 Å². The van der Waals surface area contributed by atoms with Gasteiger partial charge in [0.15, 0.2) is 0 Å². The summed E-state index contributed by atoms with van der Waals surface area (Å²) in [6.07, 6.45) is 2.24. The Morgan fingerprint density at radius 3 is 2.66 bits per heavy atom. The van der Waals surface area contributed by atoms with E-state index in [1.165, 1.54) is 23.1 Å². The number of H-pyrrole nitrogens is 1. The number of nitrogens with one attached hydrogen (secondary N) is 1. The summed E-state index contributed by atoms with van der Waals surface area (Å²) in [5.41, 5.74) is 1.89. The van der Waals surface area contributed by atoms with Crippen LogP contribution in [0.2, 0.25) is 5.02 Å². The van der Waals surface area contributed by atoms with Crippen LogP contribution < -0.4 is 4.74 Å². The number of benzene rings is 3. The molecular weight excluding hydrogens is 510 g/mol. The molecule has 0 radical (unpaired) electrons. The Hall–Kier alpha value is -4.63. The lowest BCUT2D eigenvalue weighted by Gasteiger charge is -2.26. The first kappa shape index (κ1) is 25.0. The molecule has 0 aliphatic carbocycles. The number of carbonyl (C=O) groups excluding carboxylic acids is 2. The highest BCUT2D eigenvalue weighted by atomic mass is 35.5. The fraction of sp³-hybridized carbons (Fsp3) is 0.143. The maximum absolute atomic E-state index is 13.3. The fourth-order valence-corrected chi connectivity index (χ4v) is 5.02. The zero-order valence-corrected chi connectivity index (χ0v) is 20.9. The van der Waals surface area contributed by atoms with Crippen molar-refractivity contribution in [2.75, 3.05) is 13.7 Å². The second-order valence-electron chi connectivity index (χ2n) is 8.80. The molecule has 5 rings (SSSR count). The topological polar surface area (TPSA) is 126 Å². The number of likely N-dealkylation sites (tertiary alicyclic amines) is 1. The normalized spacial score (nSPS) is 16.8. The number of Topliss-reactive ketones (excluding diaryl/α,β-unsaturated/α-hetero) is 1. The van der Waals surface area contributed by atoms with E-state index < -0.39 is 28.4 Å². The smallest absolute Gasteiger partial charge is 0.295 e. The summed E-state index contributed by atoms with van der Waals surface area (Å²) in [4.78, 5) is 41.8. The highest BCUT2D eigenvalue weighted by Gasteiger charge is 2.46. The Balaban J connectivity index is 1.58. The van der Waals surface area contributed by atoms with E-state index >= 15 is 0 Å². The number of aliphatic hydroxyl groups is 1. The predicted molar refractivity (Wildman–Crippen MR) is 142 cm³/mol. The molecule has 0 bridgehead atoms. The van der Waals surface area contributed by atoms with Crippen LogP contribution in [-0.2, 0) is 16.0 Å². The number of amides is 1. The second-order valence-corrected chi connectivity index (χ2v) is 9.20. The van der Waals surface area contributed by atoms with Crippen molar-refractivity contribution in [3.8, 4) is 5.75 Å². The Bertz CT molecular complexity index is 1630. The summed E-state index contributed by atoms with van der Waals surface area (Å²) in [6.45, 7) is 0.149. The minimum atomic E-state index is -0.984. The minimum Gasteiger partial charge on any atom is -0.507 e. The monoisotopic (exact) mass is 531 g/mol. The van der Waals surface area contributed by atoms with Gasteiger partial charge in [-0.3, -0.25) is 19.7 Å². The van der Waals surface area contributed by atoms with Gasteiger partial charge in [0.2, 0.25) is 0 Å². The van der Waals surface area contributed by atoms with Gasteiger partial charge in [-0.15, -0.1) is 0 Å². The number of ether oxygens (including phenoxy) is 1. The molecule has 3 aromatic carbocycles. The van der Waals surface area contributed by atoms with Crippen molar-refractivity contribution >= 4 is 45.6 Å². The van der Waals surface area contributed by atoms with Crippen LogP contribution in [0.4, 0.5) is 5.69 Å². The zero-order valence-electron chi connectivity index (χ0n) is 20.2. The molecule has 0 spiro atoms. The first-order valence-corrected chi connectivity index (χ1v) is 12.1. The van der Waals surface area contributed by atoms with Crippen molar-refractivity contribution in [3.63, 3.8) is 0 Å². The van der Waals surface area contributed by atoms with E-state index in [9.17, 15) is 24.8 Å². The molecule has 192 valence electrons. The van der Waals surface area contributed by atoms with Gasteiger partial charge in [0.1, 0.15) is 11.5 Å². The van der Waals surface area contributed by atoms with Crippen LogP contribution in [0, 0.1) is 10.1 Å². The van der Waals surface area contributed by atoms with Gasteiger partial charge >= 0.3 is 0 Å². The third-order valence-corrected chi connectivity index (χ3v) is 7.01. The number of hydrogen-bond donors (Lipinski definition) is 2. The van der Waals surface area contributed by atoms with Crippen molar-refractivity contribution in [2.45, 2.75) is 12.5 Å². The average Bonchev–Trinajstić information content (AvgIpc) is 3.44. The van der Waals surface area contributed by atoms with Gasteiger partial charge in [0.05, 0.1) is 23.6 Å². The molecule has 0 unspecified atom stereocenters. The molecule has 1 aromatic heterocycles. The number of aromatic amines is 1. The zero-order chi connectivity index (χ0) is 27.0. The summed E-state index contributed by atoms with van der Waals surface area (Å²) in [5.74, 6) is -1.50.